The molecule has 0 atom stereocenters. The number of nitrogens with one attached hydrogen (secondary N) is 2. The number of hydrogen-bond acceptors (Lipinski definition) is 3. The minimum absolute atomic E-state index is 0. The zero-order chi connectivity index (χ0) is 18.8. The molecule has 0 saturated carbocycles. The number of halogens is 3. The summed E-state index contributed by atoms with van der Waals surface area (Å²) < 4.78 is 35.1. The molecule has 0 unspecified atom stereocenters. The predicted octanol–water partition coefficient (Wildman–Crippen LogP) is 4.17. The maximum atomic E-state index is 12.5. The summed E-state index contributed by atoms with van der Waals surface area (Å²) in [4.78, 5) is 4.15. The highest BCUT2D eigenvalue weighted by Gasteiger charge is 2.10. The van der Waals surface area contributed by atoms with Crippen molar-refractivity contribution in [2.24, 2.45) is 4.99 Å². The number of para-hydroxylation sites is 2. The molecule has 0 spiro atoms. The summed E-state index contributed by atoms with van der Waals surface area (Å²) in [5, 5.41) is 6.28. The van der Waals surface area contributed by atoms with Crippen molar-refractivity contribution in [3.05, 3.63) is 59.7 Å². The summed E-state index contributed by atoms with van der Waals surface area (Å²) in [5.74, 6) is 1.50. The quantitative estimate of drug-likeness (QED) is 0.331. The maximum absolute atomic E-state index is 12.5. The normalized spacial score (nSPS) is 10.9. The van der Waals surface area contributed by atoms with E-state index in [0.717, 1.165) is 11.3 Å². The van der Waals surface area contributed by atoms with E-state index in [2.05, 4.69) is 20.4 Å². The Morgan fingerprint density at radius 1 is 0.963 bits per heavy atom. The second kappa shape index (κ2) is 12.3. The van der Waals surface area contributed by atoms with Crippen molar-refractivity contribution < 1.29 is 18.3 Å². The number of hydrogen-bond donors (Lipinski definition) is 2. The summed E-state index contributed by atoms with van der Waals surface area (Å²) in [6, 6.07) is 14.4. The number of ether oxygens (including phenoxy) is 2. The molecule has 0 aromatic heterocycles. The Morgan fingerprint density at radius 2 is 1.48 bits per heavy atom. The second-order valence-electron chi connectivity index (χ2n) is 5.31. The molecule has 0 aliphatic rings. The van der Waals surface area contributed by atoms with Crippen molar-refractivity contribution in [3.8, 4) is 11.5 Å². The van der Waals surface area contributed by atoms with Crippen molar-refractivity contribution in [3.63, 3.8) is 0 Å². The van der Waals surface area contributed by atoms with E-state index >= 15 is 0 Å². The smallest absolute Gasteiger partial charge is 0.387 e. The van der Waals surface area contributed by atoms with Crippen molar-refractivity contribution in [1.82, 2.24) is 10.6 Å². The third kappa shape index (κ3) is 7.58. The molecule has 0 fully saturated rings. The molecular weight excluding hydrogens is 467 g/mol. The lowest BCUT2D eigenvalue weighted by Crippen LogP contribution is -2.36. The second-order valence-corrected chi connectivity index (χ2v) is 5.31. The van der Waals surface area contributed by atoms with Crippen LogP contribution in [0.4, 0.5) is 8.78 Å². The van der Waals surface area contributed by atoms with E-state index in [1.54, 1.807) is 25.2 Å². The molecule has 0 aliphatic heterocycles. The first-order valence-electron chi connectivity index (χ1n) is 8.32. The van der Waals surface area contributed by atoms with Crippen molar-refractivity contribution >= 4 is 29.9 Å². The summed E-state index contributed by atoms with van der Waals surface area (Å²) in [5.41, 5.74) is 1.62. The maximum Gasteiger partial charge on any atom is 0.387 e. The van der Waals surface area contributed by atoms with Crippen molar-refractivity contribution in [2.75, 3.05) is 13.7 Å². The van der Waals surface area contributed by atoms with Crippen LogP contribution in [0.5, 0.6) is 11.5 Å². The van der Waals surface area contributed by atoms with Crippen LogP contribution in [-0.2, 0) is 13.1 Å². The first-order valence-corrected chi connectivity index (χ1v) is 8.32. The molecule has 0 saturated heterocycles. The van der Waals surface area contributed by atoms with Gasteiger partial charge in [0.2, 0.25) is 0 Å². The zero-order valence-corrected chi connectivity index (χ0v) is 17.6. The van der Waals surface area contributed by atoms with Crippen molar-refractivity contribution in [2.45, 2.75) is 26.6 Å². The Morgan fingerprint density at radius 3 is 2.00 bits per heavy atom. The SMILES string of the molecule is CCOc1ccccc1CNC(=NC)NCc1ccccc1OC(F)F.I. The van der Waals surface area contributed by atoms with Crippen LogP contribution >= 0.6 is 24.0 Å². The van der Waals surface area contributed by atoms with Crippen molar-refractivity contribution in [1.29, 1.82) is 0 Å². The average Bonchev–Trinajstić information content (AvgIpc) is 2.64. The molecule has 27 heavy (non-hydrogen) atoms. The lowest BCUT2D eigenvalue weighted by Gasteiger charge is -2.15. The van der Waals surface area contributed by atoms with Crippen LogP contribution in [0.25, 0.3) is 0 Å². The molecule has 2 aromatic rings. The molecule has 2 rings (SSSR count). The molecule has 0 heterocycles. The summed E-state index contributed by atoms with van der Waals surface area (Å²) in [6.45, 7) is 0.485. The van der Waals surface area contributed by atoms with Gasteiger partial charge in [-0.15, -0.1) is 24.0 Å². The fraction of sp³-hybridized carbons (Fsp3) is 0.316. The van der Waals surface area contributed by atoms with E-state index in [1.807, 2.05) is 31.2 Å². The number of alkyl halides is 2. The van der Waals surface area contributed by atoms with Gasteiger partial charge in [-0.1, -0.05) is 36.4 Å². The van der Waals surface area contributed by atoms with Gasteiger partial charge in [0.25, 0.3) is 0 Å². The number of rotatable bonds is 8. The van der Waals surface area contributed by atoms with Gasteiger partial charge in [-0.2, -0.15) is 8.78 Å². The molecule has 0 radical (unpaired) electrons. The Labute approximate surface area is 175 Å². The van der Waals surface area contributed by atoms with Gasteiger partial charge in [-0.05, 0) is 19.1 Å². The van der Waals surface area contributed by atoms with Crippen LogP contribution < -0.4 is 20.1 Å². The molecule has 0 amide bonds. The van der Waals surface area contributed by atoms with Crippen LogP contribution in [0.1, 0.15) is 18.1 Å². The van der Waals surface area contributed by atoms with Crippen LogP contribution in [0.3, 0.4) is 0 Å². The van der Waals surface area contributed by atoms with Gasteiger partial charge in [0, 0.05) is 31.3 Å². The Hall–Kier alpha value is -2.10. The van der Waals surface area contributed by atoms with Gasteiger partial charge in [0.15, 0.2) is 5.96 Å². The first kappa shape index (κ1) is 22.9. The highest BCUT2D eigenvalue weighted by molar-refractivity contribution is 14.0. The van der Waals surface area contributed by atoms with Gasteiger partial charge in [-0.3, -0.25) is 4.99 Å². The zero-order valence-electron chi connectivity index (χ0n) is 15.2. The number of aliphatic imine (C=N–C) groups is 1. The topological polar surface area (TPSA) is 54.9 Å². The highest BCUT2D eigenvalue weighted by atomic mass is 127. The molecule has 2 N–H and O–H groups in total. The number of nitrogens with zero attached hydrogens (tertiary/aromatic N) is 1. The minimum atomic E-state index is -2.86. The fourth-order valence-electron chi connectivity index (χ4n) is 2.39. The minimum Gasteiger partial charge on any atom is -0.494 e. The van der Waals surface area contributed by atoms with E-state index in [0.29, 0.717) is 31.2 Å². The third-order valence-corrected chi connectivity index (χ3v) is 3.58. The van der Waals surface area contributed by atoms with Gasteiger partial charge in [0.1, 0.15) is 11.5 Å². The van der Waals surface area contributed by atoms with Gasteiger partial charge in [-0.25, -0.2) is 0 Å². The Kier molecular flexibility index (Phi) is 10.5. The van der Waals surface area contributed by atoms with E-state index in [-0.39, 0.29) is 29.7 Å². The Balaban J connectivity index is 0.00000364. The van der Waals surface area contributed by atoms with E-state index in [9.17, 15) is 8.78 Å². The molecule has 5 nitrogen and oxygen atoms in total. The third-order valence-electron chi connectivity index (χ3n) is 3.58. The van der Waals surface area contributed by atoms with Gasteiger partial charge in [0.05, 0.1) is 6.61 Å². The van der Waals surface area contributed by atoms with Gasteiger partial charge >= 0.3 is 6.61 Å². The summed E-state index contributed by atoms with van der Waals surface area (Å²) in [6.07, 6.45) is 0. The van der Waals surface area contributed by atoms with E-state index in [4.69, 9.17) is 4.74 Å². The molecule has 0 bridgehead atoms. The fourth-order valence-corrected chi connectivity index (χ4v) is 2.39. The number of guanidine groups is 1. The molecule has 8 heteroatoms. The average molecular weight is 491 g/mol. The largest absolute Gasteiger partial charge is 0.494 e. The van der Waals surface area contributed by atoms with E-state index in [1.165, 1.54) is 6.07 Å². The summed E-state index contributed by atoms with van der Waals surface area (Å²) >= 11 is 0. The lowest BCUT2D eigenvalue weighted by molar-refractivity contribution is -0.0504. The highest BCUT2D eigenvalue weighted by Crippen LogP contribution is 2.20. The Bertz CT molecular complexity index is 730. The van der Waals surface area contributed by atoms with E-state index < -0.39 is 6.61 Å². The first-order chi connectivity index (χ1) is 12.6. The van der Waals surface area contributed by atoms with Crippen LogP contribution in [0, 0.1) is 0 Å². The van der Waals surface area contributed by atoms with Crippen LogP contribution in [0.2, 0.25) is 0 Å². The van der Waals surface area contributed by atoms with Crippen LogP contribution in [0.15, 0.2) is 53.5 Å². The monoisotopic (exact) mass is 491 g/mol. The molecule has 2 aromatic carbocycles. The predicted molar refractivity (Wildman–Crippen MR) is 113 cm³/mol. The standard InChI is InChI=1S/C19H23F2N3O2.HI/c1-3-25-16-10-6-4-8-14(16)12-23-19(22-2)24-13-15-9-5-7-11-17(15)26-18(20)21;/h4-11,18H,3,12-13H2,1-2H3,(H2,22,23,24);1H. The molecule has 0 aliphatic carbocycles. The summed E-state index contributed by atoms with van der Waals surface area (Å²) in [7, 11) is 1.64. The molecular formula is C19H24F2IN3O2. The van der Waals surface area contributed by atoms with Crippen LogP contribution in [-0.4, -0.2) is 26.2 Å². The lowest BCUT2D eigenvalue weighted by atomic mass is 10.2. The number of benzene rings is 2. The molecule has 148 valence electrons. The van der Waals surface area contributed by atoms with Gasteiger partial charge < -0.3 is 20.1 Å².